The first-order chi connectivity index (χ1) is 9.31. The second-order valence-electron chi connectivity index (χ2n) is 6.22. The molecule has 0 atom stereocenters. The number of carbonyl (C=O) groups excluding carboxylic acids is 1. The molecule has 0 heterocycles. The highest BCUT2D eigenvalue weighted by Gasteiger charge is 2.13. The lowest BCUT2D eigenvalue weighted by atomic mass is 10.2. The van der Waals surface area contributed by atoms with Gasteiger partial charge in [0.1, 0.15) is 0 Å². The fraction of sp³-hybridized carbons (Fsp3) is 0.562. The topological polar surface area (TPSA) is 32.3 Å². The molecular formula is C16H28N3O+. The molecule has 0 bridgehead atoms. The zero-order chi connectivity index (χ0) is 15.2. The molecule has 0 spiro atoms. The third-order valence-corrected chi connectivity index (χ3v) is 3.07. The number of nitrogens with zero attached hydrogens (tertiary/aromatic N) is 2. The second-order valence-corrected chi connectivity index (χ2v) is 6.22. The van der Waals surface area contributed by atoms with Crippen molar-refractivity contribution >= 4 is 11.6 Å². The quantitative estimate of drug-likeness (QED) is 0.769. The number of quaternary nitrogens is 1. The molecule has 1 rings (SSSR count). The zero-order valence-electron chi connectivity index (χ0n) is 13.4. The van der Waals surface area contributed by atoms with Gasteiger partial charge in [0, 0.05) is 25.3 Å². The molecule has 0 aromatic heterocycles. The molecule has 0 saturated heterocycles. The maximum atomic E-state index is 11.8. The Bertz CT molecular complexity index is 438. The van der Waals surface area contributed by atoms with E-state index in [0.717, 1.165) is 13.1 Å². The minimum absolute atomic E-state index is 0.109. The van der Waals surface area contributed by atoms with Gasteiger partial charge in [-0.15, -0.1) is 0 Å². The van der Waals surface area contributed by atoms with Gasteiger partial charge in [-0.3, -0.25) is 4.79 Å². The fourth-order valence-electron chi connectivity index (χ4n) is 2.11. The Morgan fingerprint density at radius 3 is 2.55 bits per heavy atom. The second kappa shape index (κ2) is 7.29. The molecule has 1 aromatic carbocycles. The number of hydrogen-bond donors (Lipinski definition) is 1. The van der Waals surface area contributed by atoms with E-state index in [-0.39, 0.29) is 5.91 Å². The van der Waals surface area contributed by atoms with Crippen molar-refractivity contribution in [3.05, 3.63) is 29.8 Å². The average Bonchev–Trinajstić information content (AvgIpc) is 2.32. The van der Waals surface area contributed by atoms with Gasteiger partial charge in [0.2, 0.25) is 0 Å². The van der Waals surface area contributed by atoms with Gasteiger partial charge in [-0.25, -0.2) is 0 Å². The van der Waals surface area contributed by atoms with Crippen LogP contribution in [0.25, 0.3) is 0 Å². The highest BCUT2D eigenvalue weighted by Crippen LogP contribution is 2.14. The minimum Gasteiger partial charge on any atom is -0.370 e. The molecular weight excluding hydrogens is 250 g/mol. The molecule has 1 aromatic rings. The number of aryl methyl sites for hydroxylation is 1. The van der Waals surface area contributed by atoms with E-state index in [4.69, 9.17) is 0 Å². The number of anilines is 1. The predicted octanol–water partition coefficient (Wildman–Crippen LogP) is 1.64. The van der Waals surface area contributed by atoms with Crippen LogP contribution in [-0.4, -0.2) is 57.7 Å². The lowest BCUT2D eigenvalue weighted by molar-refractivity contribution is -0.862. The lowest BCUT2D eigenvalue weighted by Crippen LogP contribution is -2.45. The van der Waals surface area contributed by atoms with Crippen molar-refractivity contribution in [1.82, 2.24) is 5.32 Å². The van der Waals surface area contributed by atoms with Gasteiger partial charge in [-0.05, 0) is 31.5 Å². The summed E-state index contributed by atoms with van der Waals surface area (Å²) in [4.78, 5) is 14.1. The van der Waals surface area contributed by atoms with Crippen molar-refractivity contribution in [1.29, 1.82) is 0 Å². The van der Waals surface area contributed by atoms with Crippen LogP contribution in [0.3, 0.4) is 0 Å². The molecule has 0 aliphatic carbocycles. The van der Waals surface area contributed by atoms with Crippen LogP contribution in [0.5, 0.6) is 0 Å². The van der Waals surface area contributed by atoms with E-state index in [1.54, 1.807) is 0 Å². The van der Waals surface area contributed by atoms with Crippen LogP contribution in [0, 0.1) is 6.92 Å². The van der Waals surface area contributed by atoms with Gasteiger partial charge in [0.25, 0.3) is 5.91 Å². The van der Waals surface area contributed by atoms with E-state index < -0.39 is 0 Å². The van der Waals surface area contributed by atoms with E-state index in [0.29, 0.717) is 17.6 Å². The largest absolute Gasteiger partial charge is 0.370 e. The first-order valence-corrected chi connectivity index (χ1v) is 7.20. The molecule has 112 valence electrons. The van der Waals surface area contributed by atoms with Crippen molar-refractivity contribution in [2.24, 2.45) is 0 Å². The summed E-state index contributed by atoms with van der Waals surface area (Å²) in [6, 6.07) is 8.46. The highest BCUT2D eigenvalue weighted by atomic mass is 16.2. The van der Waals surface area contributed by atoms with E-state index in [1.165, 1.54) is 11.3 Å². The number of hydrogen-bond acceptors (Lipinski definition) is 2. The predicted molar refractivity (Wildman–Crippen MR) is 85.0 cm³/mol. The van der Waals surface area contributed by atoms with E-state index in [9.17, 15) is 4.79 Å². The molecule has 1 amide bonds. The average molecular weight is 278 g/mol. The Morgan fingerprint density at radius 2 is 2.00 bits per heavy atom. The molecule has 4 heteroatoms. The maximum absolute atomic E-state index is 11.8. The first kappa shape index (κ1) is 16.5. The Morgan fingerprint density at radius 1 is 1.30 bits per heavy atom. The molecule has 4 nitrogen and oxygen atoms in total. The molecule has 0 aliphatic heterocycles. The third kappa shape index (κ3) is 6.06. The molecule has 0 aliphatic rings. The summed E-state index contributed by atoms with van der Waals surface area (Å²) in [5.74, 6) is 0.109. The SMILES string of the molecule is CCN(CCNC(=O)C[N+](C)(C)C)c1cccc(C)c1. The summed E-state index contributed by atoms with van der Waals surface area (Å²) >= 11 is 0. The summed E-state index contributed by atoms with van der Waals surface area (Å²) in [6.07, 6.45) is 0. The van der Waals surface area contributed by atoms with Gasteiger partial charge < -0.3 is 14.7 Å². The van der Waals surface area contributed by atoms with E-state index in [2.05, 4.69) is 48.3 Å². The first-order valence-electron chi connectivity index (χ1n) is 7.20. The highest BCUT2D eigenvalue weighted by molar-refractivity contribution is 5.77. The number of rotatable bonds is 7. The summed E-state index contributed by atoms with van der Waals surface area (Å²) in [7, 11) is 6.06. The monoisotopic (exact) mass is 278 g/mol. The van der Waals surface area contributed by atoms with Crippen molar-refractivity contribution in [2.75, 3.05) is 52.2 Å². The maximum Gasteiger partial charge on any atom is 0.275 e. The van der Waals surface area contributed by atoms with Crippen LogP contribution < -0.4 is 10.2 Å². The Kier molecular flexibility index (Phi) is 6.02. The standard InChI is InChI=1S/C16H27N3O/c1-6-18(15-9-7-8-14(2)12-15)11-10-17-16(20)13-19(3,4)5/h7-9,12H,6,10-11,13H2,1-5H3/p+1. The molecule has 0 fully saturated rings. The minimum atomic E-state index is 0.109. The van der Waals surface area contributed by atoms with Gasteiger partial charge >= 0.3 is 0 Å². The zero-order valence-corrected chi connectivity index (χ0v) is 13.4. The summed E-state index contributed by atoms with van der Waals surface area (Å²) in [6.45, 7) is 7.20. The van der Waals surface area contributed by atoms with Crippen LogP contribution in [0.4, 0.5) is 5.69 Å². The van der Waals surface area contributed by atoms with Crippen molar-refractivity contribution in [3.63, 3.8) is 0 Å². The fourth-order valence-corrected chi connectivity index (χ4v) is 2.11. The van der Waals surface area contributed by atoms with Crippen LogP contribution in [0.1, 0.15) is 12.5 Å². The van der Waals surface area contributed by atoms with Crippen LogP contribution in [0.2, 0.25) is 0 Å². The summed E-state index contributed by atoms with van der Waals surface area (Å²) in [5.41, 5.74) is 2.48. The number of likely N-dealkylation sites (N-methyl/N-ethyl adjacent to an activating group) is 2. The molecule has 20 heavy (non-hydrogen) atoms. The molecule has 0 radical (unpaired) electrons. The van der Waals surface area contributed by atoms with Crippen molar-refractivity contribution < 1.29 is 9.28 Å². The number of amides is 1. The lowest BCUT2D eigenvalue weighted by Gasteiger charge is -2.25. The molecule has 1 N–H and O–H groups in total. The van der Waals surface area contributed by atoms with Crippen LogP contribution in [0.15, 0.2) is 24.3 Å². The number of nitrogens with one attached hydrogen (secondary N) is 1. The number of carbonyl (C=O) groups is 1. The Balaban J connectivity index is 2.45. The normalized spacial score (nSPS) is 11.2. The Hall–Kier alpha value is -1.55. The Labute approximate surface area is 123 Å². The van der Waals surface area contributed by atoms with Gasteiger partial charge in [-0.2, -0.15) is 0 Å². The van der Waals surface area contributed by atoms with Gasteiger partial charge in [0.15, 0.2) is 6.54 Å². The molecule has 0 saturated carbocycles. The summed E-state index contributed by atoms with van der Waals surface area (Å²) < 4.78 is 0.654. The van der Waals surface area contributed by atoms with Crippen molar-refractivity contribution in [3.8, 4) is 0 Å². The van der Waals surface area contributed by atoms with Gasteiger partial charge in [0.05, 0.1) is 21.1 Å². The summed E-state index contributed by atoms with van der Waals surface area (Å²) in [5, 5.41) is 2.99. The molecule has 0 unspecified atom stereocenters. The van der Waals surface area contributed by atoms with Gasteiger partial charge in [-0.1, -0.05) is 12.1 Å². The third-order valence-electron chi connectivity index (χ3n) is 3.07. The van der Waals surface area contributed by atoms with Crippen LogP contribution in [-0.2, 0) is 4.79 Å². The van der Waals surface area contributed by atoms with Crippen molar-refractivity contribution in [2.45, 2.75) is 13.8 Å². The smallest absolute Gasteiger partial charge is 0.275 e. The number of benzene rings is 1. The van der Waals surface area contributed by atoms with Crippen LogP contribution >= 0.6 is 0 Å². The van der Waals surface area contributed by atoms with E-state index in [1.807, 2.05) is 21.1 Å². The van der Waals surface area contributed by atoms with E-state index >= 15 is 0 Å².